The first-order valence-electron chi connectivity index (χ1n) is 8.76. The number of aromatic nitrogens is 1. The molecule has 1 aliphatic rings. The molecule has 0 saturated carbocycles. The lowest BCUT2D eigenvalue weighted by atomic mass is 9.96. The molecule has 1 aromatic heterocycles. The van der Waals surface area contributed by atoms with E-state index in [-0.39, 0.29) is 20.5 Å². The molecule has 166 valence electrons. The molecular weight excluding hydrogens is 539 g/mol. The number of methoxy groups -OCH3 is 1. The summed E-state index contributed by atoms with van der Waals surface area (Å²) in [5, 5.41) is 9.61. The Morgan fingerprint density at radius 1 is 1.29 bits per heavy atom. The lowest BCUT2D eigenvalue weighted by Gasteiger charge is -2.21. The van der Waals surface area contributed by atoms with Crippen molar-refractivity contribution in [3.8, 4) is 0 Å². The van der Waals surface area contributed by atoms with Gasteiger partial charge in [0.05, 0.1) is 22.8 Å². The van der Waals surface area contributed by atoms with Gasteiger partial charge in [0.25, 0.3) is 5.56 Å². The van der Waals surface area contributed by atoms with Gasteiger partial charge in [-0.3, -0.25) is 14.3 Å². The Bertz CT molecular complexity index is 1150. The minimum Gasteiger partial charge on any atom is -0.467 e. The lowest BCUT2D eigenvalue weighted by Crippen LogP contribution is -2.31. The van der Waals surface area contributed by atoms with Gasteiger partial charge in [0.1, 0.15) is 11.6 Å². The van der Waals surface area contributed by atoms with Crippen LogP contribution in [0.2, 0.25) is 0 Å². The smallest absolute Gasteiger partial charge is 0.416 e. The van der Waals surface area contributed by atoms with Gasteiger partial charge in [-0.05, 0) is 47.2 Å². The van der Waals surface area contributed by atoms with Gasteiger partial charge in [0, 0.05) is 17.5 Å². The van der Waals surface area contributed by atoms with E-state index in [1.54, 1.807) is 22.6 Å². The first-order valence-corrected chi connectivity index (χ1v) is 9.84. The van der Waals surface area contributed by atoms with Crippen LogP contribution in [0.5, 0.6) is 0 Å². The molecule has 1 atom stereocenters. The van der Waals surface area contributed by atoms with E-state index in [4.69, 9.17) is 0 Å². The highest BCUT2D eigenvalue weighted by Gasteiger charge is 2.42. The summed E-state index contributed by atoms with van der Waals surface area (Å²) in [6.07, 6.45) is -7.02. The van der Waals surface area contributed by atoms with Crippen LogP contribution in [0.15, 0.2) is 23.0 Å². The molecule has 0 aliphatic carbocycles. The summed E-state index contributed by atoms with van der Waals surface area (Å²) >= 11 is 1.67. The summed E-state index contributed by atoms with van der Waals surface area (Å²) in [7, 11) is 1.06. The third-order valence-corrected chi connectivity index (χ3v) is 6.36. The summed E-state index contributed by atoms with van der Waals surface area (Å²) < 4.78 is 60.5. The molecule has 0 radical (unpaired) electrons. The third kappa shape index (κ3) is 3.88. The summed E-state index contributed by atoms with van der Waals surface area (Å²) in [6.45, 7) is 0.964. The number of esters is 1. The second-order valence-corrected chi connectivity index (χ2v) is 7.87. The number of benzene rings is 1. The third-order valence-electron chi connectivity index (χ3n) is 5.09. The molecule has 12 heteroatoms. The van der Waals surface area contributed by atoms with Crippen LogP contribution < -0.4 is 10.5 Å². The first kappa shape index (κ1) is 23.0. The van der Waals surface area contributed by atoms with Gasteiger partial charge in [0.15, 0.2) is 6.04 Å². The molecule has 1 aromatic carbocycles. The van der Waals surface area contributed by atoms with Crippen LogP contribution in [-0.4, -0.2) is 35.4 Å². The van der Waals surface area contributed by atoms with Gasteiger partial charge in [-0.15, -0.1) is 0 Å². The van der Waals surface area contributed by atoms with Gasteiger partial charge in [-0.25, -0.2) is 14.0 Å². The van der Waals surface area contributed by atoms with Crippen LogP contribution in [0.3, 0.4) is 0 Å². The fourth-order valence-electron chi connectivity index (χ4n) is 3.61. The minimum absolute atomic E-state index is 0.00611. The summed E-state index contributed by atoms with van der Waals surface area (Å²) in [4.78, 5) is 37.6. The van der Waals surface area contributed by atoms with E-state index >= 15 is 0 Å². The van der Waals surface area contributed by atoms with E-state index in [0.717, 1.165) is 29.9 Å². The average Bonchev–Trinajstić information content (AvgIpc) is 3.10. The Morgan fingerprint density at radius 2 is 1.94 bits per heavy atom. The van der Waals surface area contributed by atoms with Crippen molar-refractivity contribution in [1.82, 2.24) is 4.57 Å². The Kier molecular flexibility index (Phi) is 6.04. The molecule has 1 aliphatic heterocycles. The number of carbonyl (C=O) groups is 2. The zero-order valence-electron chi connectivity index (χ0n) is 16.1. The second kappa shape index (κ2) is 8.13. The largest absolute Gasteiger partial charge is 0.467 e. The molecule has 7 nitrogen and oxygen atoms in total. The number of halogens is 5. The Morgan fingerprint density at radius 3 is 2.48 bits per heavy atom. The number of pyridine rings is 1. The van der Waals surface area contributed by atoms with E-state index in [9.17, 15) is 37.1 Å². The summed E-state index contributed by atoms with van der Waals surface area (Å²) in [5.41, 5.74) is -2.41. The maximum Gasteiger partial charge on any atom is 0.416 e. The van der Waals surface area contributed by atoms with E-state index in [2.05, 4.69) is 4.74 Å². The molecule has 2 aromatic rings. The maximum atomic E-state index is 14.5. The van der Waals surface area contributed by atoms with Crippen LogP contribution in [-0.2, 0) is 22.1 Å². The zero-order valence-corrected chi connectivity index (χ0v) is 18.2. The average molecular weight is 554 g/mol. The fourth-order valence-corrected chi connectivity index (χ4v) is 4.19. The number of carboxylic acid groups (broad SMARTS) is 1. The van der Waals surface area contributed by atoms with Crippen molar-refractivity contribution in [2.75, 3.05) is 18.6 Å². The van der Waals surface area contributed by atoms with Gasteiger partial charge >= 0.3 is 18.2 Å². The van der Waals surface area contributed by atoms with Gasteiger partial charge in [0.2, 0.25) is 0 Å². The second-order valence-electron chi connectivity index (χ2n) is 6.79. The molecular formula is C19H15F4IN2O5. The monoisotopic (exact) mass is 554 g/mol. The topological polar surface area (TPSA) is 88.8 Å². The van der Waals surface area contributed by atoms with Gasteiger partial charge in [-0.1, -0.05) is 6.07 Å². The van der Waals surface area contributed by atoms with E-state index < -0.39 is 59.7 Å². The van der Waals surface area contributed by atoms with Crippen molar-refractivity contribution in [3.63, 3.8) is 0 Å². The first-order chi connectivity index (χ1) is 14.4. The van der Waals surface area contributed by atoms with Crippen molar-refractivity contribution in [2.45, 2.75) is 25.6 Å². The van der Waals surface area contributed by atoms with Crippen molar-refractivity contribution < 1.29 is 37.0 Å². The highest BCUT2D eigenvalue weighted by Crippen LogP contribution is 2.39. The molecule has 0 bridgehead atoms. The number of carbonyl (C=O) groups excluding carboxylic acids is 1. The number of amides is 1. The number of rotatable bonds is 3. The molecule has 0 saturated heterocycles. The molecule has 2 heterocycles. The number of fused-ring (bicyclic) bond motifs is 1. The zero-order chi connectivity index (χ0) is 23.2. The number of nitrogens with zero attached hydrogens (tertiary/aromatic N) is 2. The van der Waals surface area contributed by atoms with E-state index in [1.165, 1.54) is 6.92 Å². The molecule has 1 unspecified atom stereocenters. The van der Waals surface area contributed by atoms with Crippen molar-refractivity contribution in [2.24, 2.45) is 0 Å². The molecule has 0 spiro atoms. The highest BCUT2D eigenvalue weighted by atomic mass is 127. The summed E-state index contributed by atoms with van der Waals surface area (Å²) in [5.74, 6) is -2.29. The Labute approximate surface area is 186 Å². The standard InChI is InChI=1S/C19H15F4IN2O5/c1-8-9(6-10-11(19(21,22)23)4-3-5-12(10)20)15-25(18(29)30)7-13(17(28)31-2)26(15)16(27)14(8)24/h3-5,13H,6-7H2,1-2H3,(H,29,30). The van der Waals surface area contributed by atoms with Crippen molar-refractivity contribution in [1.29, 1.82) is 0 Å². The van der Waals surface area contributed by atoms with Gasteiger partial charge < -0.3 is 9.84 Å². The number of hydrogen-bond acceptors (Lipinski definition) is 4. The van der Waals surface area contributed by atoms with E-state index in [0.29, 0.717) is 4.90 Å². The molecule has 0 fully saturated rings. The van der Waals surface area contributed by atoms with Crippen LogP contribution >= 0.6 is 22.6 Å². The van der Waals surface area contributed by atoms with Gasteiger partial charge in [-0.2, -0.15) is 13.2 Å². The lowest BCUT2D eigenvalue weighted by molar-refractivity contribution is -0.144. The molecule has 31 heavy (non-hydrogen) atoms. The maximum absolute atomic E-state index is 14.5. The summed E-state index contributed by atoms with van der Waals surface area (Å²) in [6, 6.07) is 1.20. The fraction of sp³-hybridized carbons (Fsp3) is 0.316. The quantitative estimate of drug-likeness (QED) is 0.355. The van der Waals surface area contributed by atoms with Crippen LogP contribution in [0.25, 0.3) is 0 Å². The predicted octanol–water partition coefficient (Wildman–Crippen LogP) is 3.72. The number of alkyl halides is 3. The van der Waals surface area contributed by atoms with Crippen LogP contribution in [0.4, 0.5) is 28.2 Å². The number of ether oxygens (including phenoxy) is 1. The van der Waals surface area contributed by atoms with E-state index in [1.807, 2.05) is 0 Å². The molecule has 3 rings (SSSR count). The molecule has 1 amide bonds. The van der Waals surface area contributed by atoms with Crippen molar-refractivity contribution >= 4 is 40.5 Å². The SMILES string of the molecule is COC(=O)C1CN(C(=O)O)c2c(Cc3c(F)cccc3C(F)(F)F)c(C)c(I)c(=O)n21. The number of anilines is 1. The molecule has 1 N–H and O–H groups in total. The Balaban J connectivity index is 2.34. The highest BCUT2D eigenvalue weighted by molar-refractivity contribution is 14.1. The van der Waals surface area contributed by atoms with Crippen LogP contribution in [0.1, 0.15) is 28.3 Å². The Hall–Kier alpha value is -2.64. The van der Waals surface area contributed by atoms with Crippen LogP contribution in [0, 0.1) is 16.3 Å². The normalized spacial score (nSPS) is 15.7. The predicted molar refractivity (Wildman–Crippen MR) is 109 cm³/mol. The number of hydrogen-bond donors (Lipinski definition) is 1. The van der Waals surface area contributed by atoms with Crippen molar-refractivity contribution in [3.05, 3.63) is 60.2 Å². The minimum atomic E-state index is -4.85.